The fourth-order valence-electron chi connectivity index (χ4n) is 1.27. The summed E-state index contributed by atoms with van der Waals surface area (Å²) in [6.45, 7) is 0. The highest BCUT2D eigenvalue weighted by molar-refractivity contribution is 7.71. The lowest BCUT2D eigenvalue weighted by Crippen LogP contribution is -2.28. The van der Waals surface area contributed by atoms with Gasteiger partial charge in [-0.25, -0.2) is 14.8 Å². The topological polar surface area (TPSA) is 138 Å². The minimum atomic E-state index is -1.05. The van der Waals surface area contributed by atoms with Gasteiger partial charge >= 0.3 is 5.69 Å². The van der Waals surface area contributed by atoms with Gasteiger partial charge in [-0.1, -0.05) is 21.5 Å². The molecule has 0 aliphatic carbocycles. The Bertz CT molecular complexity index is 880. The molecule has 0 aromatic carbocycles. The zero-order valence-corrected chi connectivity index (χ0v) is 10.6. The fraction of sp³-hybridized carbons (Fsp3) is 0. The van der Waals surface area contributed by atoms with Crippen LogP contribution in [-0.2, 0) is 0 Å². The van der Waals surface area contributed by atoms with Gasteiger partial charge in [-0.15, -0.1) is 0 Å². The normalized spacial score (nSPS) is 10.1. The number of halogens is 1. The molecule has 5 N–H and O–H groups in total. The standard InChI is InChI=1S/C5H5N5S.C4H3FN2O2/c6-5-9-3-2(4(11)10-5)7-1-8-3;5-7-3(8)1-2-6-4(7)9/h1H,(H4,6,7,8,9,10,11);1-2H,(H,6,9). The molecular weight excluding hydrogens is 289 g/mol. The molecule has 0 spiro atoms. The average molecular weight is 297 g/mol. The SMILES string of the molecule is Nc1nc(=S)c2[nH]cnc2[nH]1.O=c1cc[nH]c(=O)n1F. The second kappa shape index (κ2) is 5.44. The highest BCUT2D eigenvalue weighted by Crippen LogP contribution is 2.06. The summed E-state index contributed by atoms with van der Waals surface area (Å²) >= 11 is 4.91. The van der Waals surface area contributed by atoms with Crippen LogP contribution in [0.3, 0.4) is 0 Å². The quantitative estimate of drug-likeness (QED) is 0.426. The summed E-state index contributed by atoms with van der Waals surface area (Å²) in [7, 11) is 0. The molecule has 0 unspecified atom stereocenters. The van der Waals surface area contributed by atoms with Crippen molar-refractivity contribution < 1.29 is 4.48 Å². The lowest BCUT2D eigenvalue weighted by Gasteiger charge is -1.91. The minimum absolute atomic E-state index is 0.287. The Morgan fingerprint density at radius 2 is 2.10 bits per heavy atom. The Labute approximate surface area is 114 Å². The van der Waals surface area contributed by atoms with Gasteiger partial charge in [-0.05, 0) is 0 Å². The van der Waals surface area contributed by atoms with Crippen LogP contribution in [0.15, 0.2) is 28.2 Å². The molecule has 0 saturated heterocycles. The number of nitrogens with two attached hydrogens (primary N) is 1. The van der Waals surface area contributed by atoms with Crippen molar-refractivity contribution in [2.45, 2.75) is 0 Å². The predicted octanol–water partition coefficient (Wildman–Crippen LogP) is -0.133. The van der Waals surface area contributed by atoms with E-state index in [0.717, 1.165) is 12.3 Å². The first-order valence-electron chi connectivity index (χ1n) is 5.15. The lowest BCUT2D eigenvalue weighted by atomic mass is 10.6. The van der Waals surface area contributed by atoms with Crippen molar-refractivity contribution >= 4 is 29.3 Å². The number of nitrogens with zero attached hydrogens (tertiary/aromatic N) is 3. The highest BCUT2D eigenvalue weighted by Gasteiger charge is 1.98. The van der Waals surface area contributed by atoms with Gasteiger partial charge in [0.2, 0.25) is 5.95 Å². The maximum absolute atomic E-state index is 12.0. The molecular formula is C9H8FN7O2S. The second-order valence-corrected chi connectivity index (χ2v) is 3.84. The number of nitrogen functional groups attached to an aromatic ring is 1. The van der Waals surface area contributed by atoms with Crippen LogP contribution < -0.4 is 17.0 Å². The molecule has 0 aliphatic heterocycles. The monoisotopic (exact) mass is 297 g/mol. The van der Waals surface area contributed by atoms with E-state index in [4.69, 9.17) is 18.0 Å². The summed E-state index contributed by atoms with van der Waals surface area (Å²) in [4.78, 5) is 35.3. The van der Waals surface area contributed by atoms with Gasteiger partial charge in [-0.3, -0.25) is 4.79 Å². The number of hydrogen-bond donors (Lipinski definition) is 4. The molecule has 0 bridgehead atoms. The van der Waals surface area contributed by atoms with Crippen molar-refractivity contribution in [3.8, 4) is 0 Å². The van der Waals surface area contributed by atoms with Crippen LogP contribution in [0.25, 0.3) is 11.2 Å². The van der Waals surface area contributed by atoms with E-state index < -0.39 is 16.0 Å². The number of aromatic amines is 3. The Kier molecular flexibility index (Phi) is 3.70. The van der Waals surface area contributed by atoms with Crippen molar-refractivity contribution in [3.05, 3.63) is 44.1 Å². The molecule has 3 heterocycles. The van der Waals surface area contributed by atoms with Gasteiger partial charge in [0.05, 0.1) is 6.33 Å². The molecule has 0 atom stereocenters. The highest BCUT2D eigenvalue weighted by atomic mass is 32.1. The molecule has 0 amide bonds. The predicted molar refractivity (Wildman–Crippen MR) is 71.3 cm³/mol. The zero-order chi connectivity index (χ0) is 14.7. The van der Waals surface area contributed by atoms with Crippen molar-refractivity contribution in [1.82, 2.24) is 29.7 Å². The third-order valence-corrected chi connectivity index (χ3v) is 2.42. The van der Waals surface area contributed by atoms with Gasteiger partial charge < -0.3 is 20.7 Å². The first-order chi connectivity index (χ1) is 9.49. The summed E-state index contributed by atoms with van der Waals surface area (Å²) < 4.78 is 12.4. The van der Waals surface area contributed by atoms with Gasteiger partial charge in [0.25, 0.3) is 5.56 Å². The van der Waals surface area contributed by atoms with Gasteiger partial charge in [0.15, 0.2) is 10.3 Å². The Morgan fingerprint density at radius 3 is 2.75 bits per heavy atom. The molecule has 0 radical (unpaired) electrons. The van der Waals surface area contributed by atoms with Gasteiger partial charge in [0, 0.05) is 12.3 Å². The van der Waals surface area contributed by atoms with E-state index in [9.17, 15) is 14.1 Å². The Hall–Kier alpha value is -2.82. The first kappa shape index (κ1) is 13.6. The molecule has 3 aromatic rings. The number of aromatic nitrogens is 6. The minimum Gasteiger partial charge on any atom is -0.369 e. The molecule has 104 valence electrons. The zero-order valence-electron chi connectivity index (χ0n) is 9.75. The van der Waals surface area contributed by atoms with Crippen molar-refractivity contribution in [3.63, 3.8) is 0 Å². The van der Waals surface area contributed by atoms with E-state index in [0.29, 0.717) is 15.8 Å². The largest absolute Gasteiger partial charge is 0.369 e. The Balaban J connectivity index is 0.000000151. The molecule has 9 nitrogen and oxygen atoms in total. The molecule has 11 heteroatoms. The summed E-state index contributed by atoms with van der Waals surface area (Å²) in [5.41, 5.74) is 4.74. The third-order valence-electron chi connectivity index (χ3n) is 2.13. The van der Waals surface area contributed by atoms with Crippen LogP contribution in [0.2, 0.25) is 0 Å². The summed E-state index contributed by atoms with van der Waals surface area (Å²) in [5.74, 6) is 0.287. The molecule has 3 aromatic heterocycles. The van der Waals surface area contributed by atoms with E-state index in [1.165, 1.54) is 6.33 Å². The number of imidazole rings is 1. The third kappa shape index (κ3) is 2.77. The number of fused-ring (bicyclic) bond motifs is 1. The first-order valence-corrected chi connectivity index (χ1v) is 5.55. The maximum atomic E-state index is 12.0. The van der Waals surface area contributed by atoms with Crippen LogP contribution >= 0.6 is 12.2 Å². The van der Waals surface area contributed by atoms with Crippen LogP contribution in [0, 0.1) is 4.64 Å². The fourth-order valence-corrected chi connectivity index (χ4v) is 1.53. The van der Waals surface area contributed by atoms with E-state index in [1.54, 1.807) is 0 Å². The maximum Gasteiger partial charge on any atom is 0.357 e. The molecule has 0 fully saturated rings. The van der Waals surface area contributed by atoms with Crippen molar-refractivity contribution in [2.24, 2.45) is 0 Å². The number of nitrogens with one attached hydrogen (secondary N) is 3. The van der Waals surface area contributed by atoms with E-state index in [-0.39, 0.29) is 5.95 Å². The van der Waals surface area contributed by atoms with Crippen LogP contribution in [0.1, 0.15) is 0 Å². The number of hydrogen-bond acceptors (Lipinski definition) is 6. The molecule has 3 rings (SSSR count). The number of H-pyrrole nitrogens is 3. The summed E-state index contributed by atoms with van der Waals surface area (Å²) in [5, 5.41) is 0. The summed E-state index contributed by atoms with van der Waals surface area (Å²) in [6.07, 6.45) is 2.62. The second-order valence-electron chi connectivity index (χ2n) is 3.46. The number of anilines is 1. The van der Waals surface area contributed by atoms with Crippen LogP contribution in [-0.4, -0.2) is 29.7 Å². The Morgan fingerprint density at radius 1 is 1.35 bits per heavy atom. The average Bonchev–Trinajstić information content (AvgIpc) is 2.85. The molecule has 0 aliphatic rings. The number of rotatable bonds is 0. The van der Waals surface area contributed by atoms with Gasteiger partial charge in [-0.2, -0.15) is 0 Å². The van der Waals surface area contributed by atoms with E-state index >= 15 is 0 Å². The van der Waals surface area contributed by atoms with Gasteiger partial charge in [0.1, 0.15) is 5.52 Å². The van der Waals surface area contributed by atoms with Crippen LogP contribution in [0.4, 0.5) is 10.4 Å². The smallest absolute Gasteiger partial charge is 0.357 e. The van der Waals surface area contributed by atoms with Crippen molar-refractivity contribution in [2.75, 3.05) is 5.73 Å². The lowest BCUT2D eigenvalue weighted by molar-refractivity contribution is 0.330. The summed E-state index contributed by atoms with van der Waals surface area (Å²) in [6, 6.07) is 0.918. The van der Waals surface area contributed by atoms with E-state index in [2.05, 4.69) is 19.9 Å². The van der Waals surface area contributed by atoms with Crippen LogP contribution in [0.5, 0.6) is 0 Å². The molecule has 0 saturated carbocycles. The van der Waals surface area contributed by atoms with E-state index in [1.807, 2.05) is 4.98 Å². The molecule has 20 heavy (non-hydrogen) atoms. The van der Waals surface area contributed by atoms with Crippen molar-refractivity contribution in [1.29, 1.82) is 0 Å².